The van der Waals surface area contributed by atoms with Gasteiger partial charge in [-0.15, -0.1) is 11.8 Å². The molecule has 3 rings (SSSR count). The van der Waals surface area contributed by atoms with Crippen molar-refractivity contribution in [1.29, 1.82) is 0 Å². The van der Waals surface area contributed by atoms with E-state index in [1.807, 2.05) is 24.3 Å². The number of hydrogen-bond donors (Lipinski definition) is 1. The molecule has 22 heavy (non-hydrogen) atoms. The number of thioether (sulfide) groups is 1. The van der Waals surface area contributed by atoms with E-state index < -0.39 is 5.97 Å². The first-order chi connectivity index (χ1) is 10.7. The molecule has 0 spiro atoms. The lowest BCUT2D eigenvalue weighted by molar-refractivity contribution is 0.0383. The summed E-state index contributed by atoms with van der Waals surface area (Å²) in [5.74, 6) is 0.246. The van der Waals surface area contributed by atoms with Crippen LogP contribution in [0, 0.1) is 0 Å². The Kier molecular flexibility index (Phi) is 4.44. The molecule has 0 aromatic heterocycles. The summed E-state index contributed by atoms with van der Waals surface area (Å²) in [5.41, 5.74) is 4.12. The number of carbonyl (C=O) groups excluding carboxylic acids is 1. The molecule has 5 heteroatoms. The summed E-state index contributed by atoms with van der Waals surface area (Å²) in [6, 6.07) is 16.9. The maximum atomic E-state index is 12.0. The van der Waals surface area contributed by atoms with E-state index in [0.29, 0.717) is 23.1 Å². The highest BCUT2D eigenvalue weighted by molar-refractivity contribution is 8.00. The van der Waals surface area contributed by atoms with Gasteiger partial charge in [0.05, 0.1) is 11.3 Å². The number of para-hydroxylation sites is 1. The Balaban J connectivity index is 1.72. The summed E-state index contributed by atoms with van der Waals surface area (Å²) in [6.07, 6.45) is 0.710. The smallest absolute Gasteiger partial charge is 0.337 e. The number of fused-ring (bicyclic) bond motifs is 1. The second-order valence-electron chi connectivity index (χ2n) is 5.02. The number of carbonyl (C=O) groups is 1. The van der Waals surface area contributed by atoms with Crippen molar-refractivity contribution in [1.82, 2.24) is 5.48 Å². The van der Waals surface area contributed by atoms with E-state index >= 15 is 0 Å². The molecule has 0 radical (unpaired) electrons. The molecule has 0 saturated carbocycles. The number of hydrogen-bond acceptors (Lipinski definition) is 5. The van der Waals surface area contributed by atoms with Crippen molar-refractivity contribution < 1.29 is 9.63 Å². The van der Waals surface area contributed by atoms with Gasteiger partial charge in [0.25, 0.3) is 0 Å². The maximum Gasteiger partial charge on any atom is 0.362 e. The van der Waals surface area contributed by atoms with Gasteiger partial charge in [0.1, 0.15) is 5.84 Å². The van der Waals surface area contributed by atoms with Gasteiger partial charge in [-0.1, -0.05) is 37.3 Å². The van der Waals surface area contributed by atoms with Gasteiger partial charge in [-0.25, -0.2) is 15.3 Å². The Labute approximate surface area is 133 Å². The zero-order chi connectivity index (χ0) is 15.4. The van der Waals surface area contributed by atoms with Gasteiger partial charge in [-0.05, 0) is 24.3 Å². The Morgan fingerprint density at radius 3 is 2.73 bits per heavy atom. The van der Waals surface area contributed by atoms with E-state index in [-0.39, 0.29) is 0 Å². The monoisotopic (exact) mass is 312 g/mol. The first-order valence-electron chi connectivity index (χ1n) is 7.08. The third-order valence-electron chi connectivity index (χ3n) is 3.20. The molecule has 1 aliphatic rings. The average molecular weight is 312 g/mol. The van der Waals surface area contributed by atoms with Crippen molar-refractivity contribution in [3.63, 3.8) is 0 Å². The van der Waals surface area contributed by atoms with Crippen LogP contribution in [-0.2, 0) is 4.84 Å². The van der Waals surface area contributed by atoms with Crippen LogP contribution in [0.15, 0.2) is 64.5 Å². The van der Waals surface area contributed by atoms with Crippen LogP contribution in [0.2, 0.25) is 0 Å². The van der Waals surface area contributed by atoms with Crippen LogP contribution >= 0.6 is 11.8 Å². The minimum atomic E-state index is -0.416. The fraction of sp³-hybridized carbons (Fsp3) is 0.176. The molecule has 1 unspecified atom stereocenters. The number of aliphatic imine (C=N–C) groups is 1. The van der Waals surface area contributed by atoms with Gasteiger partial charge in [-0.2, -0.15) is 0 Å². The number of benzene rings is 2. The molecule has 2 aromatic rings. The standard InChI is InChI=1S/C17H16N2O2S/c1-12-11-16(18-14-9-5-6-10-15(14)22-12)19-21-17(20)13-7-3-2-4-8-13/h2-10,12H,11H2,1H3,(H,18,19). The summed E-state index contributed by atoms with van der Waals surface area (Å²) in [5, 5.41) is 0.352. The third-order valence-corrected chi connectivity index (χ3v) is 4.37. The molecule has 0 aliphatic carbocycles. The summed E-state index contributed by atoms with van der Waals surface area (Å²) < 4.78 is 0. The molecule has 0 saturated heterocycles. The van der Waals surface area contributed by atoms with E-state index in [1.165, 1.54) is 0 Å². The molecule has 112 valence electrons. The van der Waals surface area contributed by atoms with Gasteiger partial charge in [0.2, 0.25) is 0 Å². The fourth-order valence-electron chi connectivity index (χ4n) is 2.17. The summed E-state index contributed by atoms with van der Waals surface area (Å²) >= 11 is 1.77. The lowest BCUT2D eigenvalue weighted by Gasteiger charge is -2.11. The minimum Gasteiger partial charge on any atom is -0.337 e. The molecule has 0 amide bonds. The zero-order valence-corrected chi connectivity index (χ0v) is 13.0. The number of nitrogens with one attached hydrogen (secondary N) is 1. The topological polar surface area (TPSA) is 50.7 Å². The molecule has 1 atom stereocenters. The zero-order valence-electron chi connectivity index (χ0n) is 12.2. The molecule has 2 aromatic carbocycles. The van der Waals surface area contributed by atoms with E-state index in [2.05, 4.69) is 23.5 Å². The Hall–Kier alpha value is -2.27. The quantitative estimate of drug-likeness (QED) is 0.810. The number of amidine groups is 1. The second-order valence-corrected chi connectivity index (χ2v) is 6.50. The molecule has 1 heterocycles. The van der Waals surface area contributed by atoms with Gasteiger partial charge < -0.3 is 4.84 Å². The Bertz CT molecular complexity index is 701. The summed E-state index contributed by atoms with van der Waals surface area (Å²) in [4.78, 5) is 22.8. The Morgan fingerprint density at radius 1 is 1.18 bits per heavy atom. The molecule has 0 bridgehead atoms. The van der Waals surface area contributed by atoms with Gasteiger partial charge >= 0.3 is 5.97 Å². The molecule has 0 fully saturated rings. The van der Waals surface area contributed by atoms with Crippen LogP contribution in [0.4, 0.5) is 5.69 Å². The van der Waals surface area contributed by atoms with Crippen molar-refractivity contribution in [3.8, 4) is 0 Å². The van der Waals surface area contributed by atoms with E-state index in [1.54, 1.807) is 36.0 Å². The van der Waals surface area contributed by atoms with Crippen LogP contribution < -0.4 is 5.48 Å². The number of nitrogens with zero attached hydrogens (tertiary/aromatic N) is 1. The molecular weight excluding hydrogens is 296 g/mol. The molecule has 1 aliphatic heterocycles. The lowest BCUT2D eigenvalue weighted by Crippen LogP contribution is -2.28. The number of rotatable bonds is 1. The van der Waals surface area contributed by atoms with Gasteiger partial charge in [0, 0.05) is 16.6 Å². The highest BCUT2D eigenvalue weighted by Gasteiger charge is 2.17. The van der Waals surface area contributed by atoms with Crippen molar-refractivity contribution in [2.24, 2.45) is 4.99 Å². The van der Waals surface area contributed by atoms with Crippen LogP contribution in [0.25, 0.3) is 0 Å². The van der Waals surface area contributed by atoms with Crippen LogP contribution in [0.5, 0.6) is 0 Å². The molecule has 4 nitrogen and oxygen atoms in total. The molecule has 1 N–H and O–H groups in total. The third kappa shape index (κ3) is 3.49. The highest BCUT2D eigenvalue weighted by Crippen LogP contribution is 2.36. The SMILES string of the molecule is CC1CC(NOC(=O)c2ccccc2)=Nc2ccccc2S1. The first kappa shape index (κ1) is 14.7. The van der Waals surface area contributed by atoms with Gasteiger partial charge in [-0.3, -0.25) is 0 Å². The van der Waals surface area contributed by atoms with Crippen LogP contribution in [0.1, 0.15) is 23.7 Å². The van der Waals surface area contributed by atoms with E-state index in [9.17, 15) is 4.79 Å². The lowest BCUT2D eigenvalue weighted by atomic mass is 10.2. The molecular formula is C17H16N2O2S. The minimum absolute atomic E-state index is 0.352. The summed E-state index contributed by atoms with van der Waals surface area (Å²) in [7, 11) is 0. The Morgan fingerprint density at radius 2 is 1.91 bits per heavy atom. The number of hydroxylamine groups is 1. The van der Waals surface area contributed by atoms with Gasteiger partial charge in [0.15, 0.2) is 0 Å². The van der Waals surface area contributed by atoms with Crippen molar-refractivity contribution >= 4 is 29.3 Å². The fourth-order valence-corrected chi connectivity index (χ4v) is 3.24. The normalized spacial score (nSPS) is 17.0. The summed E-state index contributed by atoms with van der Waals surface area (Å²) in [6.45, 7) is 2.13. The maximum absolute atomic E-state index is 12.0. The first-order valence-corrected chi connectivity index (χ1v) is 7.96. The largest absolute Gasteiger partial charge is 0.362 e. The van der Waals surface area contributed by atoms with Crippen molar-refractivity contribution in [3.05, 3.63) is 60.2 Å². The highest BCUT2D eigenvalue weighted by atomic mass is 32.2. The van der Waals surface area contributed by atoms with Crippen molar-refractivity contribution in [2.45, 2.75) is 23.5 Å². The van der Waals surface area contributed by atoms with Crippen LogP contribution in [-0.4, -0.2) is 17.1 Å². The van der Waals surface area contributed by atoms with Crippen LogP contribution in [0.3, 0.4) is 0 Å². The predicted octanol–water partition coefficient (Wildman–Crippen LogP) is 3.96. The second kappa shape index (κ2) is 6.66. The average Bonchev–Trinajstić information content (AvgIpc) is 2.71. The van der Waals surface area contributed by atoms with E-state index in [4.69, 9.17) is 4.84 Å². The van der Waals surface area contributed by atoms with E-state index in [0.717, 1.165) is 10.6 Å². The predicted molar refractivity (Wildman–Crippen MR) is 88.5 cm³/mol. The van der Waals surface area contributed by atoms with Crippen molar-refractivity contribution in [2.75, 3.05) is 0 Å².